The van der Waals surface area contributed by atoms with Crippen LogP contribution in [0.15, 0.2) is 34.8 Å². The first-order valence-electron chi connectivity index (χ1n) is 5.87. The van der Waals surface area contributed by atoms with Crippen LogP contribution < -0.4 is 5.73 Å². The average molecular weight is 355 g/mol. The van der Waals surface area contributed by atoms with E-state index in [2.05, 4.69) is 20.9 Å². The molecule has 6 heteroatoms. The number of halogens is 3. The Morgan fingerprint density at radius 3 is 2.80 bits per heavy atom. The van der Waals surface area contributed by atoms with E-state index in [-0.39, 0.29) is 5.02 Å². The third-order valence-electron chi connectivity index (χ3n) is 3.11. The first kappa shape index (κ1) is 13.4. The van der Waals surface area contributed by atoms with Crippen LogP contribution in [0.5, 0.6) is 0 Å². The van der Waals surface area contributed by atoms with Crippen molar-refractivity contribution in [1.29, 1.82) is 0 Å². The van der Waals surface area contributed by atoms with Gasteiger partial charge < -0.3 is 5.73 Å². The van der Waals surface area contributed by atoms with Gasteiger partial charge >= 0.3 is 0 Å². The van der Waals surface area contributed by atoms with Crippen molar-refractivity contribution in [3.05, 3.63) is 51.2 Å². The second-order valence-electron chi connectivity index (χ2n) is 4.47. The molecule has 102 valence electrons. The Morgan fingerprint density at radius 2 is 2.10 bits per heavy atom. The number of nitrogens with two attached hydrogens (primary N) is 1. The highest BCUT2D eigenvalue weighted by Crippen LogP contribution is 2.35. The molecule has 3 rings (SSSR count). The van der Waals surface area contributed by atoms with E-state index < -0.39 is 5.82 Å². The minimum absolute atomic E-state index is 0.270. The Balaban J connectivity index is 2.44. The maximum Gasteiger partial charge on any atom is 0.206 e. The van der Waals surface area contributed by atoms with E-state index in [1.807, 2.05) is 25.1 Å². The lowest BCUT2D eigenvalue weighted by molar-refractivity contribution is 0.626. The molecular weight excluding hydrogens is 345 g/mol. The fourth-order valence-electron chi connectivity index (χ4n) is 2.29. The number of imidazole rings is 1. The zero-order chi connectivity index (χ0) is 14.4. The molecule has 3 aromatic rings. The second kappa shape index (κ2) is 4.75. The topological polar surface area (TPSA) is 43.8 Å². The normalized spacial score (nSPS) is 11.2. The highest BCUT2D eigenvalue weighted by Gasteiger charge is 2.17. The Morgan fingerprint density at radius 1 is 1.35 bits per heavy atom. The lowest BCUT2D eigenvalue weighted by Gasteiger charge is -2.12. The fraction of sp³-hybridized carbons (Fsp3) is 0.0714. The molecular formula is C14H10BrClFN3. The Bertz CT molecular complexity index is 806. The molecule has 0 radical (unpaired) electrons. The van der Waals surface area contributed by atoms with Crippen LogP contribution >= 0.6 is 27.5 Å². The lowest BCUT2D eigenvalue weighted by atomic mass is 10.2. The quantitative estimate of drug-likeness (QED) is 0.700. The molecule has 0 saturated heterocycles. The van der Waals surface area contributed by atoms with Gasteiger partial charge in [0.2, 0.25) is 5.95 Å². The standard InChI is InChI=1S/C14H10BrClFN3/c1-7-3-2-4-11-12(7)20(14(18)19-11)13-9(15)5-8(17)6-10(13)16/h2-6H,1H3,(H2,18,19). The molecule has 1 aromatic heterocycles. The summed E-state index contributed by atoms with van der Waals surface area (Å²) in [7, 11) is 0. The number of anilines is 1. The fourth-order valence-corrected chi connectivity index (χ4v) is 3.30. The summed E-state index contributed by atoms with van der Waals surface area (Å²) in [6.45, 7) is 1.96. The number of aromatic nitrogens is 2. The molecule has 0 atom stereocenters. The van der Waals surface area contributed by atoms with E-state index in [0.29, 0.717) is 16.1 Å². The molecule has 0 aliphatic heterocycles. The Kier molecular flexibility index (Phi) is 3.18. The number of para-hydroxylation sites is 1. The van der Waals surface area contributed by atoms with Gasteiger partial charge in [0.1, 0.15) is 5.82 Å². The van der Waals surface area contributed by atoms with Gasteiger partial charge in [-0.05, 0) is 46.6 Å². The zero-order valence-corrected chi connectivity index (χ0v) is 12.8. The van der Waals surface area contributed by atoms with Crippen molar-refractivity contribution in [2.45, 2.75) is 6.92 Å². The van der Waals surface area contributed by atoms with E-state index in [0.717, 1.165) is 16.6 Å². The molecule has 2 aromatic carbocycles. The van der Waals surface area contributed by atoms with E-state index in [9.17, 15) is 4.39 Å². The second-order valence-corrected chi connectivity index (χ2v) is 5.73. The number of fused-ring (bicyclic) bond motifs is 1. The molecule has 3 nitrogen and oxygen atoms in total. The van der Waals surface area contributed by atoms with Crippen LogP contribution in [0.1, 0.15) is 5.56 Å². The number of hydrogen-bond acceptors (Lipinski definition) is 2. The van der Waals surface area contributed by atoms with Crippen molar-refractivity contribution < 1.29 is 4.39 Å². The first-order valence-corrected chi connectivity index (χ1v) is 7.04. The van der Waals surface area contributed by atoms with E-state index in [1.54, 1.807) is 4.57 Å². The molecule has 0 aliphatic carbocycles. The van der Waals surface area contributed by atoms with Crippen molar-refractivity contribution in [1.82, 2.24) is 9.55 Å². The summed E-state index contributed by atoms with van der Waals surface area (Å²) in [5.74, 6) is -0.103. The molecule has 20 heavy (non-hydrogen) atoms. The van der Waals surface area contributed by atoms with Gasteiger partial charge in [-0.2, -0.15) is 0 Å². The summed E-state index contributed by atoms with van der Waals surface area (Å²) in [6, 6.07) is 8.36. The van der Waals surface area contributed by atoms with E-state index in [1.165, 1.54) is 12.1 Å². The van der Waals surface area contributed by atoms with Crippen molar-refractivity contribution in [2.75, 3.05) is 5.73 Å². The minimum Gasteiger partial charge on any atom is -0.369 e. The van der Waals surface area contributed by atoms with Gasteiger partial charge in [-0.25, -0.2) is 9.37 Å². The molecule has 0 unspecified atom stereocenters. The van der Waals surface area contributed by atoms with Crippen LogP contribution in [0.25, 0.3) is 16.7 Å². The summed E-state index contributed by atoms with van der Waals surface area (Å²) in [6.07, 6.45) is 0. The SMILES string of the molecule is Cc1cccc2nc(N)n(-c3c(Cl)cc(F)cc3Br)c12. The van der Waals surface area contributed by atoms with Crippen molar-refractivity contribution in [2.24, 2.45) is 0 Å². The predicted octanol–water partition coefficient (Wildman–Crippen LogP) is 4.47. The van der Waals surface area contributed by atoms with Gasteiger partial charge in [-0.15, -0.1) is 0 Å². The minimum atomic E-state index is -0.412. The Hall–Kier alpha value is -1.59. The number of hydrogen-bond donors (Lipinski definition) is 1. The molecule has 2 N–H and O–H groups in total. The third kappa shape index (κ3) is 1.98. The molecule has 0 bridgehead atoms. The van der Waals surface area contributed by atoms with Gasteiger partial charge in [-0.3, -0.25) is 4.57 Å². The van der Waals surface area contributed by atoms with E-state index >= 15 is 0 Å². The van der Waals surface area contributed by atoms with Gasteiger partial charge in [-0.1, -0.05) is 23.7 Å². The van der Waals surface area contributed by atoms with Crippen molar-refractivity contribution in [3.8, 4) is 5.69 Å². The van der Waals surface area contributed by atoms with Gasteiger partial charge in [0, 0.05) is 4.47 Å². The highest BCUT2D eigenvalue weighted by molar-refractivity contribution is 9.10. The summed E-state index contributed by atoms with van der Waals surface area (Å²) in [5.41, 5.74) is 9.24. The highest BCUT2D eigenvalue weighted by atomic mass is 79.9. The van der Waals surface area contributed by atoms with Crippen LogP contribution in [0.3, 0.4) is 0 Å². The number of nitrogen functional groups attached to an aromatic ring is 1. The average Bonchev–Trinajstić information content (AvgIpc) is 2.66. The summed E-state index contributed by atoms with van der Waals surface area (Å²) < 4.78 is 15.6. The van der Waals surface area contributed by atoms with Crippen LogP contribution in [0, 0.1) is 12.7 Å². The first-order chi connectivity index (χ1) is 9.49. The summed E-state index contributed by atoms with van der Waals surface area (Å²) in [5, 5.41) is 0.270. The Labute approximate surface area is 128 Å². The van der Waals surface area contributed by atoms with Crippen LogP contribution in [-0.2, 0) is 0 Å². The van der Waals surface area contributed by atoms with Crippen LogP contribution in [0.4, 0.5) is 10.3 Å². The van der Waals surface area contributed by atoms with Crippen LogP contribution in [0.2, 0.25) is 5.02 Å². The molecule has 0 saturated carbocycles. The van der Waals surface area contributed by atoms with Crippen molar-refractivity contribution >= 4 is 44.5 Å². The maximum atomic E-state index is 13.4. The largest absolute Gasteiger partial charge is 0.369 e. The molecule has 1 heterocycles. The monoisotopic (exact) mass is 353 g/mol. The zero-order valence-electron chi connectivity index (χ0n) is 10.5. The van der Waals surface area contributed by atoms with Gasteiger partial charge in [0.25, 0.3) is 0 Å². The van der Waals surface area contributed by atoms with E-state index in [4.69, 9.17) is 17.3 Å². The lowest BCUT2D eigenvalue weighted by Crippen LogP contribution is -2.03. The molecule has 0 fully saturated rings. The smallest absolute Gasteiger partial charge is 0.206 e. The molecule has 0 amide bonds. The van der Waals surface area contributed by atoms with Gasteiger partial charge in [0.05, 0.1) is 21.7 Å². The predicted molar refractivity (Wildman–Crippen MR) is 82.9 cm³/mol. The number of benzene rings is 2. The van der Waals surface area contributed by atoms with Gasteiger partial charge in [0.15, 0.2) is 0 Å². The number of aryl methyl sites for hydroxylation is 1. The summed E-state index contributed by atoms with van der Waals surface area (Å²) in [4.78, 5) is 4.32. The molecule has 0 aliphatic rings. The molecule has 0 spiro atoms. The van der Waals surface area contributed by atoms with Crippen LogP contribution in [-0.4, -0.2) is 9.55 Å². The summed E-state index contributed by atoms with van der Waals surface area (Å²) >= 11 is 9.51. The third-order valence-corrected chi connectivity index (χ3v) is 4.00. The van der Waals surface area contributed by atoms with Crippen molar-refractivity contribution in [3.63, 3.8) is 0 Å². The number of nitrogens with zero attached hydrogens (tertiary/aromatic N) is 2. The maximum absolute atomic E-state index is 13.4. The number of rotatable bonds is 1.